The van der Waals surface area contributed by atoms with Gasteiger partial charge in [-0.2, -0.15) is 0 Å². The summed E-state index contributed by atoms with van der Waals surface area (Å²) in [4.78, 5) is 14.8. The fraction of sp³-hybridized carbons (Fsp3) is 0.286. The minimum Gasteiger partial charge on any atom is -0.464 e. The minimum absolute atomic E-state index is 0.00638. The van der Waals surface area contributed by atoms with E-state index in [1.54, 1.807) is 23.1 Å². The summed E-state index contributed by atoms with van der Waals surface area (Å²) in [6.07, 6.45) is 1.84. The molecule has 152 valence electrons. The first kappa shape index (κ1) is 19.9. The predicted octanol–water partition coefficient (Wildman–Crippen LogP) is 3.98. The van der Waals surface area contributed by atoms with Gasteiger partial charge in [0.2, 0.25) is 5.91 Å². The third-order valence-electron chi connectivity index (χ3n) is 5.17. The number of benzene rings is 2. The number of hydrogen-bond donors (Lipinski definition) is 0. The van der Waals surface area contributed by atoms with E-state index in [9.17, 15) is 17.6 Å². The van der Waals surface area contributed by atoms with Crippen LogP contribution in [0.2, 0.25) is 5.02 Å². The molecule has 1 fully saturated rings. The molecule has 1 atom stereocenters. The summed E-state index contributed by atoms with van der Waals surface area (Å²) in [6.45, 7) is 0.254. The number of amides is 1. The lowest BCUT2D eigenvalue weighted by atomic mass is 10.1. The van der Waals surface area contributed by atoms with Gasteiger partial charge in [0, 0.05) is 28.6 Å². The molecule has 29 heavy (non-hydrogen) atoms. The molecule has 3 aromatic rings. The topological polar surface area (TPSA) is 67.6 Å². The smallest absolute Gasteiger partial charge is 0.227 e. The standard InChI is InChI=1S/C21H19ClFNO4S/c22-16-3-1-2-14(8-16)11-24(18-6-7-29(26,27)13-18)21(25)9-15-12-28-20-5-4-17(23)10-19(15)20/h1-5,8,10,12,18H,6-7,9,11,13H2. The fourth-order valence-corrected chi connectivity index (χ4v) is 5.67. The summed E-state index contributed by atoms with van der Waals surface area (Å²) < 4.78 is 43.0. The van der Waals surface area contributed by atoms with Crippen LogP contribution in [0.1, 0.15) is 17.5 Å². The summed E-state index contributed by atoms with van der Waals surface area (Å²) in [6, 6.07) is 10.9. The van der Waals surface area contributed by atoms with Crippen LogP contribution in [0.4, 0.5) is 4.39 Å². The Morgan fingerprint density at radius 1 is 1.24 bits per heavy atom. The highest BCUT2D eigenvalue weighted by atomic mass is 35.5. The first-order valence-electron chi connectivity index (χ1n) is 9.21. The second-order valence-corrected chi connectivity index (χ2v) is 9.95. The summed E-state index contributed by atoms with van der Waals surface area (Å²) in [5.41, 5.74) is 1.89. The average Bonchev–Trinajstić information content (AvgIpc) is 3.22. The zero-order valence-electron chi connectivity index (χ0n) is 15.5. The third-order valence-corrected chi connectivity index (χ3v) is 7.15. The molecule has 1 aliphatic rings. The number of fused-ring (bicyclic) bond motifs is 1. The quantitative estimate of drug-likeness (QED) is 0.607. The lowest BCUT2D eigenvalue weighted by molar-refractivity contribution is -0.133. The molecule has 0 N–H and O–H groups in total. The van der Waals surface area contributed by atoms with Crippen molar-refractivity contribution >= 4 is 38.3 Å². The molecular formula is C21H19ClFNO4S. The lowest BCUT2D eigenvalue weighted by Crippen LogP contribution is -2.41. The number of furan rings is 1. The van der Waals surface area contributed by atoms with E-state index >= 15 is 0 Å². The second kappa shape index (κ2) is 7.80. The van der Waals surface area contributed by atoms with Crippen LogP contribution in [-0.4, -0.2) is 36.8 Å². The van der Waals surface area contributed by atoms with Crippen molar-refractivity contribution in [3.05, 3.63) is 70.7 Å². The zero-order chi connectivity index (χ0) is 20.6. The molecule has 1 unspecified atom stereocenters. The van der Waals surface area contributed by atoms with Gasteiger partial charge in [-0.1, -0.05) is 23.7 Å². The van der Waals surface area contributed by atoms with Gasteiger partial charge >= 0.3 is 0 Å². The molecule has 1 aliphatic heterocycles. The van der Waals surface area contributed by atoms with Crippen molar-refractivity contribution in [1.82, 2.24) is 4.90 Å². The van der Waals surface area contributed by atoms with E-state index in [2.05, 4.69) is 0 Å². The van der Waals surface area contributed by atoms with Crippen LogP contribution in [0.25, 0.3) is 11.0 Å². The highest BCUT2D eigenvalue weighted by Gasteiger charge is 2.35. The Balaban J connectivity index is 1.62. The number of carbonyl (C=O) groups is 1. The van der Waals surface area contributed by atoms with Crippen molar-refractivity contribution in [1.29, 1.82) is 0 Å². The molecule has 0 radical (unpaired) electrons. The number of hydrogen-bond acceptors (Lipinski definition) is 4. The maximum absolute atomic E-state index is 13.6. The van der Waals surface area contributed by atoms with Gasteiger partial charge in [-0.3, -0.25) is 4.79 Å². The molecule has 5 nitrogen and oxygen atoms in total. The van der Waals surface area contributed by atoms with Crippen LogP contribution in [0.15, 0.2) is 53.1 Å². The van der Waals surface area contributed by atoms with Crippen LogP contribution in [0.5, 0.6) is 0 Å². The Hall–Kier alpha value is -2.38. The molecule has 0 aliphatic carbocycles. The van der Waals surface area contributed by atoms with Crippen molar-refractivity contribution < 1.29 is 22.0 Å². The van der Waals surface area contributed by atoms with E-state index in [0.29, 0.717) is 28.0 Å². The number of sulfone groups is 1. The Kier molecular flexibility index (Phi) is 5.36. The first-order valence-corrected chi connectivity index (χ1v) is 11.4. The highest BCUT2D eigenvalue weighted by molar-refractivity contribution is 7.91. The molecule has 1 saturated heterocycles. The van der Waals surface area contributed by atoms with Gasteiger partial charge < -0.3 is 9.32 Å². The molecule has 8 heteroatoms. The number of halogens is 2. The van der Waals surface area contributed by atoms with Crippen LogP contribution in [-0.2, 0) is 27.6 Å². The maximum atomic E-state index is 13.6. The first-order chi connectivity index (χ1) is 13.8. The largest absolute Gasteiger partial charge is 0.464 e. The van der Waals surface area contributed by atoms with Gasteiger partial charge in [0.05, 0.1) is 24.2 Å². The molecule has 1 amide bonds. The molecule has 0 spiro atoms. The summed E-state index contributed by atoms with van der Waals surface area (Å²) in [5, 5.41) is 1.09. The second-order valence-electron chi connectivity index (χ2n) is 7.29. The number of nitrogens with zero attached hydrogens (tertiary/aromatic N) is 1. The summed E-state index contributed by atoms with van der Waals surface area (Å²) in [7, 11) is -3.16. The van der Waals surface area contributed by atoms with Gasteiger partial charge in [0.25, 0.3) is 0 Å². The van der Waals surface area contributed by atoms with Crippen molar-refractivity contribution in [2.24, 2.45) is 0 Å². The SMILES string of the molecule is O=C(Cc1coc2ccc(F)cc12)N(Cc1cccc(Cl)c1)C1CCS(=O)(=O)C1. The molecule has 0 saturated carbocycles. The fourth-order valence-electron chi connectivity index (χ4n) is 3.73. The van der Waals surface area contributed by atoms with Gasteiger partial charge in [0.15, 0.2) is 9.84 Å². The van der Waals surface area contributed by atoms with Gasteiger partial charge in [-0.05, 0) is 42.3 Å². The number of carbonyl (C=O) groups excluding carboxylic acids is 1. The Bertz CT molecular complexity index is 1170. The molecule has 0 bridgehead atoms. The van der Waals surface area contributed by atoms with Crippen LogP contribution >= 0.6 is 11.6 Å². The number of rotatable bonds is 5. The van der Waals surface area contributed by atoms with Crippen LogP contribution < -0.4 is 0 Å². The van der Waals surface area contributed by atoms with Crippen molar-refractivity contribution in [3.63, 3.8) is 0 Å². The Morgan fingerprint density at radius 3 is 2.79 bits per heavy atom. The van der Waals surface area contributed by atoms with Crippen molar-refractivity contribution in [2.45, 2.75) is 25.4 Å². The maximum Gasteiger partial charge on any atom is 0.227 e. The van der Waals surface area contributed by atoms with Crippen molar-refractivity contribution in [2.75, 3.05) is 11.5 Å². The van der Waals surface area contributed by atoms with Gasteiger partial charge in [-0.25, -0.2) is 12.8 Å². The van der Waals surface area contributed by atoms with E-state index < -0.39 is 21.7 Å². The molecule has 2 heterocycles. The van der Waals surface area contributed by atoms with E-state index in [0.717, 1.165) is 5.56 Å². The zero-order valence-corrected chi connectivity index (χ0v) is 17.0. The van der Waals surface area contributed by atoms with Gasteiger partial charge in [-0.15, -0.1) is 0 Å². The Labute approximate surface area is 173 Å². The van der Waals surface area contributed by atoms with E-state index in [-0.39, 0.29) is 30.4 Å². The highest BCUT2D eigenvalue weighted by Crippen LogP contribution is 2.26. The normalized spacial score (nSPS) is 18.2. The summed E-state index contributed by atoms with van der Waals surface area (Å²) >= 11 is 6.06. The van der Waals surface area contributed by atoms with Crippen LogP contribution in [0, 0.1) is 5.82 Å². The molecule has 2 aromatic carbocycles. The Morgan fingerprint density at radius 2 is 2.07 bits per heavy atom. The lowest BCUT2D eigenvalue weighted by Gasteiger charge is -2.28. The van der Waals surface area contributed by atoms with Crippen LogP contribution in [0.3, 0.4) is 0 Å². The molecular weight excluding hydrogens is 417 g/mol. The summed E-state index contributed by atoms with van der Waals surface area (Å²) in [5.74, 6) is -0.638. The van der Waals surface area contributed by atoms with Gasteiger partial charge in [0.1, 0.15) is 11.4 Å². The minimum atomic E-state index is -3.16. The van der Waals surface area contributed by atoms with Crippen molar-refractivity contribution in [3.8, 4) is 0 Å². The van der Waals surface area contributed by atoms with E-state index in [4.69, 9.17) is 16.0 Å². The third kappa shape index (κ3) is 4.46. The molecule has 4 rings (SSSR count). The molecule has 1 aromatic heterocycles. The average molecular weight is 436 g/mol. The van der Waals surface area contributed by atoms with E-state index in [1.165, 1.54) is 24.5 Å². The predicted molar refractivity (Wildman–Crippen MR) is 109 cm³/mol. The van der Waals surface area contributed by atoms with E-state index in [1.807, 2.05) is 6.07 Å². The monoisotopic (exact) mass is 435 g/mol.